The van der Waals surface area contributed by atoms with Crippen molar-refractivity contribution in [2.75, 3.05) is 19.8 Å². The van der Waals surface area contributed by atoms with Gasteiger partial charge >= 0.3 is 12.1 Å². The molecule has 1 heterocycles. The molecule has 17 heavy (non-hydrogen) atoms. The lowest BCUT2D eigenvalue weighted by Gasteiger charge is -2.31. The van der Waals surface area contributed by atoms with Crippen molar-refractivity contribution < 1.29 is 26.7 Å². The van der Waals surface area contributed by atoms with Crippen LogP contribution in [0.3, 0.4) is 0 Å². The van der Waals surface area contributed by atoms with Gasteiger partial charge in [-0.3, -0.25) is 0 Å². The summed E-state index contributed by atoms with van der Waals surface area (Å²) in [4.78, 5) is 0. The Kier molecular flexibility index (Phi) is 5.03. The lowest BCUT2D eigenvalue weighted by Crippen LogP contribution is -2.49. The maximum absolute atomic E-state index is 13.1. The minimum atomic E-state index is -5.55. The smallest absolute Gasteiger partial charge is 0.381 e. The van der Waals surface area contributed by atoms with Crippen LogP contribution in [0.25, 0.3) is 0 Å². The third-order valence-electron chi connectivity index (χ3n) is 2.52. The zero-order valence-corrected chi connectivity index (χ0v) is 9.79. The van der Waals surface area contributed by atoms with E-state index in [0.29, 0.717) is 37.8 Å². The summed E-state index contributed by atoms with van der Waals surface area (Å²) in [6.07, 6.45) is -4.58. The first-order chi connectivity index (χ1) is 7.79. The zero-order chi connectivity index (χ0) is 13.1. The van der Waals surface area contributed by atoms with Crippen LogP contribution in [-0.2, 0) is 4.74 Å². The Hall–Kier alpha value is -0.0800. The number of thioether (sulfide) groups is 1. The number of rotatable bonds is 4. The predicted octanol–water partition coefficient (Wildman–Crippen LogP) is 2.42. The fraction of sp³-hybridized carbons (Fsp3) is 1.00. The molecule has 1 fully saturated rings. The average molecular weight is 279 g/mol. The zero-order valence-electron chi connectivity index (χ0n) is 8.97. The van der Waals surface area contributed by atoms with Crippen molar-refractivity contribution in [3.63, 3.8) is 0 Å². The molecule has 0 saturated carbocycles. The second-order valence-electron chi connectivity index (χ2n) is 3.79. The molecule has 102 valence electrons. The molecule has 8 heteroatoms. The summed E-state index contributed by atoms with van der Waals surface area (Å²) in [7, 11) is 0. The molecule has 0 bridgehead atoms. The number of halogens is 5. The molecular weight excluding hydrogens is 265 g/mol. The summed E-state index contributed by atoms with van der Waals surface area (Å²) in [5.74, 6) is -4.75. The topological polar surface area (TPSA) is 35.2 Å². The summed E-state index contributed by atoms with van der Waals surface area (Å²) in [5, 5.41) is -2.17. The highest BCUT2D eigenvalue weighted by Crippen LogP contribution is 2.44. The molecule has 2 N–H and O–H groups in total. The van der Waals surface area contributed by atoms with Gasteiger partial charge in [0.2, 0.25) is 0 Å². The first-order valence-electron chi connectivity index (χ1n) is 5.17. The van der Waals surface area contributed by atoms with Crippen LogP contribution in [0.1, 0.15) is 12.8 Å². The molecule has 1 atom stereocenters. The number of nitrogens with two attached hydrogens (primary N) is 1. The lowest BCUT2D eigenvalue weighted by molar-refractivity contribution is -0.280. The van der Waals surface area contributed by atoms with Gasteiger partial charge in [0.05, 0.1) is 5.25 Å². The van der Waals surface area contributed by atoms with E-state index < -0.39 is 23.9 Å². The molecule has 0 aliphatic carbocycles. The Bertz CT molecular complexity index is 242. The van der Waals surface area contributed by atoms with Crippen LogP contribution in [0, 0.1) is 0 Å². The van der Waals surface area contributed by atoms with E-state index in [1.165, 1.54) is 0 Å². The Morgan fingerprint density at radius 1 is 1.18 bits per heavy atom. The number of hydrogen-bond donors (Lipinski definition) is 1. The van der Waals surface area contributed by atoms with Gasteiger partial charge in [0.25, 0.3) is 0 Å². The van der Waals surface area contributed by atoms with Crippen LogP contribution in [0.15, 0.2) is 0 Å². The van der Waals surface area contributed by atoms with Crippen molar-refractivity contribution in [1.29, 1.82) is 0 Å². The fourth-order valence-corrected chi connectivity index (χ4v) is 2.86. The summed E-state index contributed by atoms with van der Waals surface area (Å²) in [5.41, 5.74) is 5.04. The Balaban J connectivity index is 2.63. The lowest BCUT2D eigenvalue weighted by atomic mass is 10.2. The Morgan fingerprint density at radius 3 is 2.12 bits per heavy atom. The van der Waals surface area contributed by atoms with Crippen molar-refractivity contribution in [3.05, 3.63) is 0 Å². The van der Waals surface area contributed by atoms with E-state index in [4.69, 9.17) is 10.5 Å². The van der Waals surface area contributed by atoms with Crippen LogP contribution in [0.2, 0.25) is 0 Å². The molecule has 1 aliphatic rings. The van der Waals surface area contributed by atoms with Crippen molar-refractivity contribution in [1.82, 2.24) is 0 Å². The fourth-order valence-electron chi connectivity index (χ4n) is 1.52. The molecule has 0 aromatic heterocycles. The van der Waals surface area contributed by atoms with E-state index in [1.807, 2.05) is 0 Å². The molecular formula is C9H14F5NOS. The van der Waals surface area contributed by atoms with E-state index in [1.54, 1.807) is 0 Å². The maximum atomic E-state index is 13.1. The molecule has 2 nitrogen and oxygen atoms in total. The van der Waals surface area contributed by atoms with Gasteiger partial charge in [0, 0.05) is 25.0 Å². The molecule has 1 unspecified atom stereocenters. The summed E-state index contributed by atoms with van der Waals surface area (Å²) < 4.78 is 67.7. The van der Waals surface area contributed by atoms with Crippen LogP contribution < -0.4 is 5.73 Å². The number of ether oxygens (including phenoxy) is 1. The average Bonchev–Trinajstić information content (AvgIpc) is 2.25. The quantitative estimate of drug-likeness (QED) is 0.803. The highest BCUT2D eigenvalue weighted by molar-refractivity contribution is 8.00. The van der Waals surface area contributed by atoms with Gasteiger partial charge in [-0.2, -0.15) is 22.0 Å². The third kappa shape index (κ3) is 3.69. The van der Waals surface area contributed by atoms with Gasteiger partial charge in [-0.1, -0.05) is 0 Å². The molecule has 0 radical (unpaired) electrons. The number of alkyl halides is 5. The Morgan fingerprint density at radius 2 is 1.71 bits per heavy atom. The maximum Gasteiger partial charge on any atom is 0.454 e. The molecule has 1 rings (SSSR count). The van der Waals surface area contributed by atoms with Crippen molar-refractivity contribution in [2.24, 2.45) is 5.73 Å². The molecule has 0 amide bonds. The van der Waals surface area contributed by atoms with E-state index in [0.717, 1.165) is 0 Å². The van der Waals surface area contributed by atoms with Gasteiger partial charge in [-0.05, 0) is 12.8 Å². The van der Waals surface area contributed by atoms with Gasteiger partial charge in [0.1, 0.15) is 0 Å². The van der Waals surface area contributed by atoms with Crippen molar-refractivity contribution >= 4 is 11.8 Å². The standard InChI is InChI=1S/C9H14F5NOS/c10-8(11,9(12,13)14)7(5-15)17-6-1-3-16-4-2-6/h6-7H,1-5,15H2. The van der Waals surface area contributed by atoms with Crippen LogP contribution >= 0.6 is 11.8 Å². The predicted molar refractivity (Wildman–Crippen MR) is 55.3 cm³/mol. The van der Waals surface area contributed by atoms with Crippen molar-refractivity contribution in [3.8, 4) is 0 Å². The normalized spacial score (nSPS) is 21.5. The summed E-state index contributed by atoms with van der Waals surface area (Å²) in [6.45, 7) is 0.0909. The SMILES string of the molecule is NCC(SC1CCOCC1)C(F)(F)C(F)(F)F. The minimum absolute atomic E-state index is 0.245. The van der Waals surface area contributed by atoms with E-state index in [2.05, 4.69) is 0 Å². The molecule has 0 aromatic carbocycles. The monoisotopic (exact) mass is 279 g/mol. The highest BCUT2D eigenvalue weighted by Gasteiger charge is 2.62. The first kappa shape index (κ1) is 15.0. The first-order valence-corrected chi connectivity index (χ1v) is 6.11. The van der Waals surface area contributed by atoms with Crippen molar-refractivity contribution in [2.45, 2.75) is 35.4 Å². The molecule has 0 aromatic rings. The van der Waals surface area contributed by atoms with Crippen LogP contribution in [0.5, 0.6) is 0 Å². The van der Waals surface area contributed by atoms with Crippen LogP contribution in [0.4, 0.5) is 22.0 Å². The minimum Gasteiger partial charge on any atom is -0.381 e. The van der Waals surface area contributed by atoms with E-state index in [-0.39, 0.29) is 5.25 Å². The molecule has 1 aliphatic heterocycles. The molecule has 1 saturated heterocycles. The second-order valence-corrected chi connectivity index (χ2v) is 5.30. The second kappa shape index (κ2) is 5.71. The summed E-state index contributed by atoms with van der Waals surface area (Å²) >= 11 is 0.624. The van der Waals surface area contributed by atoms with Crippen LogP contribution in [-0.4, -0.2) is 42.4 Å². The Labute approximate surface area is 100 Å². The molecule has 0 spiro atoms. The van der Waals surface area contributed by atoms with E-state index in [9.17, 15) is 22.0 Å². The van der Waals surface area contributed by atoms with Gasteiger partial charge in [0.15, 0.2) is 0 Å². The highest BCUT2D eigenvalue weighted by atomic mass is 32.2. The largest absolute Gasteiger partial charge is 0.454 e. The van der Waals surface area contributed by atoms with Gasteiger partial charge < -0.3 is 10.5 Å². The number of hydrogen-bond acceptors (Lipinski definition) is 3. The van der Waals surface area contributed by atoms with Gasteiger partial charge in [-0.25, -0.2) is 0 Å². The third-order valence-corrected chi connectivity index (χ3v) is 4.19. The van der Waals surface area contributed by atoms with E-state index >= 15 is 0 Å². The summed E-state index contributed by atoms with van der Waals surface area (Å²) in [6, 6.07) is 0. The van der Waals surface area contributed by atoms with Gasteiger partial charge in [-0.15, -0.1) is 11.8 Å².